The average molecular weight is 210 g/mol. The second-order valence-corrected chi connectivity index (χ2v) is 3.80. The van der Waals surface area contributed by atoms with Crippen molar-refractivity contribution in [3.05, 3.63) is 0 Å². The molecule has 0 aromatic carbocycles. The fourth-order valence-electron chi connectivity index (χ4n) is 1.44. The maximum Gasteiger partial charge on any atom is 0.270 e. The highest BCUT2D eigenvalue weighted by molar-refractivity contribution is 5.90. The van der Waals surface area contributed by atoms with Crippen molar-refractivity contribution in [3.8, 4) is 0 Å². The molecule has 82 valence electrons. The number of aryl methyl sites for hydroxylation is 1. The van der Waals surface area contributed by atoms with Crippen LogP contribution in [0, 0.1) is 11.8 Å². The summed E-state index contributed by atoms with van der Waals surface area (Å²) in [6, 6.07) is 0. The van der Waals surface area contributed by atoms with E-state index >= 15 is 0 Å². The van der Waals surface area contributed by atoms with Crippen LogP contribution in [-0.4, -0.2) is 39.2 Å². The molecule has 0 radical (unpaired) electrons. The molecule has 7 nitrogen and oxygen atoms in total. The first-order valence-electron chi connectivity index (χ1n) is 4.92. The summed E-state index contributed by atoms with van der Waals surface area (Å²) in [6.45, 7) is 3.72. The molecule has 1 aliphatic rings. The van der Waals surface area contributed by atoms with Gasteiger partial charge in [0.1, 0.15) is 0 Å². The number of nitrogens with one attached hydrogen (secondary N) is 2. The molecule has 2 rings (SSSR count). The lowest BCUT2D eigenvalue weighted by Crippen LogP contribution is -2.48. The second-order valence-electron chi connectivity index (χ2n) is 3.80. The largest absolute Gasteiger partial charge is 0.316 e. The molecular formula is C8H14N6O. The lowest BCUT2D eigenvalue weighted by molar-refractivity contribution is -0.121. The lowest BCUT2D eigenvalue weighted by Gasteiger charge is -2.31. The van der Waals surface area contributed by atoms with Crippen LogP contribution >= 0.6 is 0 Å². The highest BCUT2D eigenvalue weighted by Crippen LogP contribution is 2.16. The Labute approximate surface area is 87.2 Å². The molecule has 0 aliphatic carbocycles. The Morgan fingerprint density at radius 3 is 2.87 bits per heavy atom. The van der Waals surface area contributed by atoms with Gasteiger partial charge in [-0.2, -0.15) is 4.80 Å². The van der Waals surface area contributed by atoms with Crippen molar-refractivity contribution in [1.82, 2.24) is 25.5 Å². The van der Waals surface area contributed by atoms with E-state index in [1.807, 2.05) is 6.92 Å². The van der Waals surface area contributed by atoms with Gasteiger partial charge in [-0.25, -0.2) is 0 Å². The minimum absolute atomic E-state index is 0.0185. The van der Waals surface area contributed by atoms with Crippen LogP contribution < -0.4 is 10.6 Å². The fourth-order valence-corrected chi connectivity index (χ4v) is 1.44. The number of carbonyl (C=O) groups excluding carboxylic acids is 1. The Bertz CT molecular complexity index is 358. The molecule has 0 bridgehead atoms. The lowest BCUT2D eigenvalue weighted by atomic mass is 9.88. The van der Waals surface area contributed by atoms with Crippen molar-refractivity contribution in [2.24, 2.45) is 18.9 Å². The zero-order valence-electron chi connectivity index (χ0n) is 8.77. The first-order chi connectivity index (χ1) is 7.16. The highest BCUT2D eigenvalue weighted by atomic mass is 16.2. The zero-order valence-corrected chi connectivity index (χ0v) is 8.77. The van der Waals surface area contributed by atoms with Gasteiger partial charge in [-0.1, -0.05) is 12.0 Å². The molecule has 1 amide bonds. The van der Waals surface area contributed by atoms with Gasteiger partial charge in [0.15, 0.2) is 0 Å². The number of hydrogen-bond acceptors (Lipinski definition) is 5. The molecule has 1 atom stereocenters. The molecular weight excluding hydrogens is 196 g/mol. The predicted octanol–water partition coefficient (Wildman–Crippen LogP) is -0.996. The monoisotopic (exact) mass is 210 g/mol. The van der Waals surface area contributed by atoms with Crippen molar-refractivity contribution >= 4 is 11.9 Å². The summed E-state index contributed by atoms with van der Waals surface area (Å²) < 4.78 is 0. The van der Waals surface area contributed by atoms with E-state index in [1.165, 1.54) is 4.80 Å². The van der Waals surface area contributed by atoms with E-state index in [4.69, 9.17) is 0 Å². The van der Waals surface area contributed by atoms with Crippen molar-refractivity contribution in [1.29, 1.82) is 0 Å². The first kappa shape index (κ1) is 10.0. The van der Waals surface area contributed by atoms with Crippen LogP contribution in [0.4, 0.5) is 5.95 Å². The molecule has 1 aliphatic heterocycles. The van der Waals surface area contributed by atoms with Gasteiger partial charge >= 0.3 is 0 Å². The number of rotatable bonds is 3. The van der Waals surface area contributed by atoms with Crippen LogP contribution in [0.5, 0.6) is 0 Å². The van der Waals surface area contributed by atoms with Crippen molar-refractivity contribution in [2.45, 2.75) is 6.92 Å². The Hall–Kier alpha value is -1.50. The van der Waals surface area contributed by atoms with Crippen LogP contribution in [0.1, 0.15) is 6.92 Å². The summed E-state index contributed by atoms with van der Waals surface area (Å²) in [6.07, 6.45) is 0. The van der Waals surface area contributed by atoms with Crippen LogP contribution in [-0.2, 0) is 11.8 Å². The number of nitrogens with zero attached hydrogens (tertiary/aromatic N) is 4. The van der Waals surface area contributed by atoms with Crippen molar-refractivity contribution < 1.29 is 4.79 Å². The van der Waals surface area contributed by atoms with Gasteiger partial charge < -0.3 is 5.32 Å². The van der Waals surface area contributed by atoms with Gasteiger partial charge in [0.05, 0.1) is 7.05 Å². The maximum absolute atomic E-state index is 11.7. The van der Waals surface area contributed by atoms with Gasteiger partial charge in [-0.3, -0.25) is 10.1 Å². The van der Waals surface area contributed by atoms with Gasteiger partial charge in [0.2, 0.25) is 5.91 Å². The molecule has 1 aromatic rings. The number of anilines is 1. The minimum atomic E-state index is -0.0468. The molecule has 2 N–H and O–H groups in total. The first-order valence-corrected chi connectivity index (χ1v) is 4.92. The summed E-state index contributed by atoms with van der Waals surface area (Å²) in [5.74, 6) is 0.618. The molecule has 2 heterocycles. The fraction of sp³-hybridized carbons (Fsp3) is 0.750. The summed E-state index contributed by atoms with van der Waals surface area (Å²) >= 11 is 0. The van der Waals surface area contributed by atoms with Crippen LogP contribution in [0.3, 0.4) is 0 Å². The number of hydrogen-bond donors (Lipinski definition) is 2. The Morgan fingerprint density at radius 1 is 1.67 bits per heavy atom. The highest BCUT2D eigenvalue weighted by Gasteiger charge is 2.29. The van der Waals surface area contributed by atoms with Crippen LogP contribution in [0.15, 0.2) is 0 Å². The van der Waals surface area contributed by atoms with Crippen LogP contribution in [0.25, 0.3) is 0 Å². The maximum atomic E-state index is 11.7. The predicted molar refractivity (Wildman–Crippen MR) is 53.0 cm³/mol. The average Bonchev–Trinajstić information content (AvgIpc) is 2.48. The van der Waals surface area contributed by atoms with Crippen LogP contribution in [0.2, 0.25) is 0 Å². The minimum Gasteiger partial charge on any atom is -0.316 e. The summed E-state index contributed by atoms with van der Waals surface area (Å²) in [5.41, 5.74) is 0. The quantitative estimate of drug-likeness (QED) is 0.668. The van der Waals surface area contributed by atoms with E-state index in [-0.39, 0.29) is 17.8 Å². The van der Waals surface area contributed by atoms with Gasteiger partial charge in [-0.15, -0.1) is 5.10 Å². The van der Waals surface area contributed by atoms with E-state index in [0.29, 0.717) is 5.92 Å². The molecule has 0 spiro atoms. The summed E-state index contributed by atoms with van der Waals surface area (Å²) in [5, 5.41) is 17.0. The van der Waals surface area contributed by atoms with E-state index in [1.54, 1.807) is 7.05 Å². The topological polar surface area (TPSA) is 84.7 Å². The molecule has 1 fully saturated rings. The standard InChI is InChI=1S/C8H14N6O/c1-5(6-3-9-4-6)7(15)10-8-11-13-14(2)12-8/h5-6,9H,3-4H2,1-2H3,(H,10,12,15). The number of aromatic nitrogens is 4. The molecule has 1 unspecified atom stereocenters. The third-order valence-corrected chi connectivity index (χ3v) is 2.68. The molecule has 1 saturated heterocycles. The van der Waals surface area contributed by atoms with E-state index in [2.05, 4.69) is 26.0 Å². The molecule has 7 heteroatoms. The molecule has 15 heavy (non-hydrogen) atoms. The summed E-state index contributed by atoms with van der Waals surface area (Å²) in [4.78, 5) is 13.0. The SMILES string of the molecule is CC(C(=O)Nc1nnn(C)n1)C1CNC1. The Kier molecular flexibility index (Phi) is 2.63. The van der Waals surface area contributed by atoms with E-state index < -0.39 is 0 Å². The number of amides is 1. The third kappa shape index (κ3) is 2.12. The van der Waals surface area contributed by atoms with Crippen molar-refractivity contribution in [2.75, 3.05) is 18.4 Å². The van der Waals surface area contributed by atoms with Gasteiger partial charge in [0, 0.05) is 5.92 Å². The summed E-state index contributed by atoms with van der Waals surface area (Å²) in [7, 11) is 1.65. The van der Waals surface area contributed by atoms with Gasteiger partial charge in [-0.05, 0) is 24.2 Å². The normalized spacial score (nSPS) is 18.3. The molecule has 1 aromatic heterocycles. The Balaban J connectivity index is 1.91. The van der Waals surface area contributed by atoms with E-state index in [0.717, 1.165) is 13.1 Å². The van der Waals surface area contributed by atoms with Gasteiger partial charge in [0.25, 0.3) is 5.95 Å². The van der Waals surface area contributed by atoms with Crippen molar-refractivity contribution in [3.63, 3.8) is 0 Å². The molecule has 0 saturated carbocycles. The Morgan fingerprint density at radius 2 is 2.40 bits per heavy atom. The number of tetrazole rings is 1. The number of carbonyl (C=O) groups is 1. The third-order valence-electron chi connectivity index (χ3n) is 2.68. The van der Waals surface area contributed by atoms with E-state index in [9.17, 15) is 4.79 Å². The smallest absolute Gasteiger partial charge is 0.270 e. The second kappa shape index (κ2) is 3.93. The zero-order chi connectivity index (χ0) is 10.8.